The van der Waals surface area contributed by atoms with Crippen LogP contribution in [0.2, 0.25) is 0 Å². The summed E-state index contributed by atoms with van der Waals surface area (Å²) in [6, 6.07) is 13.6. The van der Waals surface area contributed by atoms with E-state index in [9.17, 15) is 14.0 Å². The first-order chi connectivity index (χ1) is 12.5. The van der Waals surface area contributed by atoms with Gasteiger partial charge in [-0.2, -0.15) is 0 Å². The summed E-state index contributed by atoms with van der Waals surface area (Å²) in [7, 11) is 1.60. The topological polar surface area (TPSA) is 58.2 Å². The number of likely N-dealkylation sites (N-methyl/N-ethyl adjacent to an activating group) is 1. The van der Waals surface area contributed by atoms with Crippen LogP contribution < -0.4 is 10.6 Å². The Morgan fingerprint density at radius 3 is 2.38 bits per heavy atom. The lowest BCUT2D eigenvalue weighted by Crippen LogP contribution is -2.38. The fourth-order valence-corrected chi connectivity index (χ4v) is 3.64. The molecule has 0 aliphatic heterocycles. The molecule has 5 heteroatoms. The molecule has 0 bridgehead atoms. The van der Waals surface area contributed by atoms with E-state index in [2.05, 4.69) is 10.6 Å². The summed E-state index contributed by atoms with van der Waals surface area (Å²) in [5.74, 6) is -0.474. The van der Waals surface area contributed by atoms with Crippen molar-refractivity contribution in [3.05, 3.63) is 65.5 Å². The van der Waals surface area contributed by atoms with Crippen molar-refractivity contribution in [2.45, 2.75) is 37.5 Å². The molecule has 4 nitrogen and oxygen atoms in total. The number of anilines is 1. The Bertz CT molecular complexity index is 796. The molecule has 2 aromatic rings. The summed E-state index contributed by atoms with van der Waals surface area (Å²) in [4.78, 5) is 24.5. The molecule has 1 fully saturated rings. The molecule has 0 radical (unpaired) electrons. The fraction of sp³-hybridized carbons (Fsp3) is 0.333. The van der Waals surface area contributed by atoms with E-state index in [1.54, 1.807) is 25.2 Å². The maximum atomic E-state index is 13.7. The minimum atomic E-state index is -0.678. The third kappa shape index (κ3) is 3.77. The van der Waals surface area contributed by atoms with Crippen molar-refractivity contribution in [2.75, 3.05) is 12.4 Å². The number of benzene rings is 2. The van der Waals surface area contributed by atoms with Gasteiger partial charge in [0.25, 0.3) is 0 Å². The van der Waals surface area contributed by atoms with Crippen LogP contribution in [0, 0.1) is 5.82 Å². The Labute approximate surface area is 152 Å². The lowest BCUT2D eigenvalue weighted by molar-refractivity contribution is -0.121. The van der Waals surface area contributed by atoms with E-state index in [4.69, 9.17) is 0 Å². The molecule has 1 aliphatic rings. The van der Waals surface area contributed by atoms with Gasteiger partial charge in [0.05, 0.1) is 11.8 Å². The van der Waals surface area contributed by atoms with Crippen LogP contribution in [0.1, 0.15) is 36.8 Å². The monoisotopic (exact) mass is 354 g/mol. The predicted octanol–water partition coefficient (Wildman–Crippen LogP) is 3.56. The van der Waals surface area contributed by atoms with E-state index in [0.717, 1.165) is 36.8 Å². The zero-order valence-corrected chi connectivity index (χ0v) is 14.8. The molecule has 26 heavy (non-hydrogen) atoms. The summed E-state index contributed by atoms with van der Waals surface area (Å²) in [6.45, 7) is 0. The number of rotatable bonds is 5. The summed E-state index contributed by atoms with van der Waals surface area (Å²) in [5, 5.41) is 5.56. The van der Waals surface area contributed by atoms with Gasteiger partial charge in [-0.15, -0.1) is 0 Å². The van der Waals surface area contributed by atoms with Crippen LogP contribution >= 0.6 is 0 Å². The van der Waals surface area contributed by atoms with Crippen molar-refractivity contribution >= 4 is 17.5 Å². The van der Waals surface area contributed by atoms with E-state index in [1.165, 1.54) is 12.1 Å². The number of carbonyl (C=O) groups is 2. The van der Waals surface area contributed by atoms with Crippen LogP contribution in [-0.2, 0) is 21.4 Å². The number of hydrogen-bond donors (Lipinski definition) is 2. The van der Waals surface area contributed by atoms with Crippen LogP contribution in [0.4, 0.5) is 10.1 Å². The molecule has 1 saturated carbocycles. The van der Waals surface area contributed by atoms with Crippen LogP contribution in [-0.4, -0.2) is 18.9 Å². The highest BCUT2D eigenvalue weighted by atomic mass is 19.1. The van der Waals surface area contributed by atoms with E-state index >= 15 is 0 Å². The van der Waals surface area contributed by atoms with Gasteiger partial charge in [-0.05, 0) is 48.2 Å². The smallest absolute Gasteiger partial charge is 0.235 e. The molecule has 0 unspecified atom stereocenters. The zero-order chi connectivity index (χ0) is 18.6. The Kier molecular flexibility index (Phi) is 5.35. The quantitative estimate of drug-likeness (QED) is 0.862. The van der Waals surface area contributed by atoms with Crippen LogP contribution in [0.5, 0.6) is 0 Å². The standard InChI is InChI=1S/C21H23FN2O2/c1-23-19(25)13-15-7-9-18(10-8-15)24-20(26)21(11-2-3-12-21)16-5-4-6-17(22)14-16/h4-10,14H,2-3,11-13H2,1H3,(H,23,25)(H,24,26). The maximum absolute atomic E-state index is 13.7. The van der Waals surface area contributed by atoms with Gasteiger partial charge in [0, 0.05) is 12.7 Å². The zero-order valence-electron chi connectivity index (χ0n) is 14.8. The van der Waals surface area contributed by atoms with Crippen molar-refractivity contribution in [1.82, 2.24) is 5.32 Å². The van der Waals surface area contributed by atoms with Gasteiger partial charge < -0.3 is 10.6 Å². The minimum Gasteiger partial charge on any atom is -0.359 e. The average Bonchev–Trinajstić information content (AvgIpc) is 3.14. The molecular formula is C21H23FN2O2. The van der Waals surface area contributed by atoms with Crippen LogP contribution in [0.15, 0.2) is 48.5 Å². The molecule has 0 spiro atoms. The van der Waals surface area contributed by atoms with Crippen molar-refractivity contribution in [2.24, 2.45) is 0 Å². The van der Waals surface area contributed by atoms with Gasteiger partial charge in [-0.25, -0.2) is 4.39 Å². The van der Waals surface area contributed by atoms with Gasteiger partial charge in [0.1, 0.15) is 5.82 Å². The van der Waals surface area contributed by atoms with E-state index in [1.807, 2.05) is 18.2 Å². The summed E-state index contributed by atoms with van der Waals surface area (Å²) in [6.07, 6.45) is 3.65. The van der Waals surface area contributed by atoms with Gasteiger partial charge in [0.15, 0.2) is 0 Å². The number of carbonyl (C=O) groups excluding carboxylic acids is 2. The van der Waals surface area contributed by atoms with Gasteiger partial charge in [0.2, 0.25) is 11.8 Å². The summed E-state index contributed by atoms with van der Waals surface area (Å²) < 4.78 is 13.7. The van der Waals surface area contributed by atoms with Gasteiger partial charge in [-0.3, -0.25) is 9.59 Å². The molecule has 0 heterocycles. The summed E-state index contributed by atoms with van der Waals surface area (Å²) in [5.41, 5.74) is 1.62. The normalized spacial score (nSPS) is 15.5. The summed E-state index contributed by atoms with van der Waals surface area (Å²) >= 11 is 0. The predicted molar refractivity (Wildman–Crippen MR) is 99.4 cm³/mol. The first-order valence-corrected chi connectivity index (χ1v) is 8.90. The molecule has 0 saturated heterocycles. The van der Waals surface area contributed by atoms with Crippen molar-refractivity contribution in [3.63, 3.8) is 0 Å². The largest absolute Gasteiger partial charge is 0.359 e. The van der Waals surface area contributed by atoms with E-state index < -0.39 is 5.41 Å². The van der Waals surface area contributed by atoms with E-state index in [-0.39, 0.29) is 17.6 Å². The van der Waals surface area contributed by atoms with Crippen LogP contribution in [0.3, 0.4) is 0 Å². The Hall–Kier alpha value is -2.69. The second kappa shape index (κ2) is 7.68. The lowest BCUT2D eigenvalue weighted by Gasteiger charge is -2.28. The number of halogens is 1. The van der Waals surface area contributed by atoms with Crippen molar-refractivity contribution in [3.8, 4) is 0 Å². The SMILES string of the molecule is CNC(=O)Cc1ccc(NC(=O)C2(c3cccc(F)c3)CCCC2)cc1. The Morgan fingerprint density at radius 1 is 1.08 bits per heavy atom. The fourth-order valence-electron chi connectivity index (χ4n) is 3.64. The number of nitrogens with one attached hydrogen (secondary N) is 2. The molecule has 1 aliphatic carbocycles. The lowest BCUT2D eigenvalue weighted by atomic mass is 9.78. The van der Waals surface area contributed by atoms with Gasteiger partial charge >= 0.3 is 0 Å². The second-order valence-electron chi connectivity index (χ2n) is 6.80. The number of amides is 2. The molecule has 2 aromatic carbocycles. The second-order valence-corrected chi connectivity index (χ2v) is 6.80. The third-order valence-electron chi connectivity index (χ3n) is 5.12. The van der Waals surface area contributed by atoms with Gasteiger partial charge in [-0.1, -0.05) is 37.1 Å². The molecule has 136 valence electrons. The van der Waals surface area contributed by atoms with Crippen LogP contribution in [0.25, 0.3) is 0 Å². The third-order valence-corrected chi connectivity index (χ3v) is 5.12. The van der Waals surface area contributed by atoms with E-state index in [0.29, 0.717) is 12.1 Å². The maximum Gasteiger partial charge on any atom is 0.235 e. The molecule has 3 rings (SSSR count). The molecular weight excluding hydrogens is 331 g/mol. The highest BCUT2D eigenvalue weighted by molar-refractivity contribution is 5.99. The van der Waals surface area contributed by atoms with Crippen molar-refractivity contribution < 1.29 is 14.0 Å². The highest BCUT2D eigenvalue weighted by Crippen LogP contribution is 2.42. The first kappa shape index (κ1) is 18.1. The highest BCUT2D eigenvalue weighted by Gasteiger charge is 2.42. The first-order valence-electron chi connectivity index (χ1n) is 8.90. The Balaban J connectivity index is 1.78. The Morgan fingerprint density at radius 2 is 1.77 bits per heavy atom. The van der Waals surface area contributed by atoms with Crippen molar-refractivity contribution in [1.29, 1.82) is 0 Å². The number of hydrogen-bond acceptors (Lipinski definition) is 2. The molecule has 0 atom stereocenters. The molecule has 0 aromatic heterocycles. The average molecular weight is 354 g/mol. The molecule has 2 N–H and O–H groups in total. The molecule has 2 amide bonds. The minimum absolute atomic E-state index is 0.0576.